The van der Waals surface area contributed by atoms with Gasteiger partial charge >= 0.3 is 0 Å². The van der Waals surface area contributed by atoms with Crippen LogP contribution < -0.4 is 11.1 Å². The molecule has 1 aliphatic carbocycles. The van der Waals surface area contributed by atoms with Gasteiger partial charge in [-0.2, -0.15) is 0 Å². The Morgan fingerprint density at radius 2 is 2.22 bits per heavy atom. The quantitative estimate of drug-likeness (QED) is 0.677. The highest BCUT2D eigenvalue weighted by molar-refractivity contribution is 5.84. The molecule has 0 aromatic rings. The number of primary amides is 1. The second kappa shape index (κ2) is 5.55. The number of nitrogens with two attached hydrogens (primary N) is 1. The van der Waals surface area contributed by atoms with Crippen molar-refractivity contribution >= 4 is 5.91 Å². The Labute approximate surface area is 109 Å². The Balaban J connectivity index is 1.84. The molecule has 0 spiro atoms. The van der Waals surface area contributed by atoms with Crippen LogP contribution in [0.3, 0.4) is 0 Å². The molecule has 104 valence electrons. The number of rotatable bonds is 7. The average Bonchev–Trinajstić information content (AvgIpc) is 2.92. The van der Waals surface area contributed by atoms with Crippen LogP contribution in [0, 0.1) is 0 Å². The van der Waals surface area contributed by atoms with Crippen molar-refractivity contribution in [3.63, 3.8) is 0 Å². The SMILES string of the molecule is CN(CC1CCCO1)CC(C)(NC1CC1)C(N)=O. The normalized spacial score (nSPS) is 27.4. The number of nitrogens with one attached hydrogen (secondary N) is 1. The first-order valence-corrected chi connectivity index (χ1v) is 6.87. The summed E-state index contributed by atoms with van der Waals surface area (Å²) in [6, 6.07) is 0.471. The molecule has 1 aliphatic heterocycles. The number of nitrogens with zero attached hydrogens (tertiary/aromatic N) is 1. The van der Waals surface area contributed by atoms with Crippen LogP contribution in [0.5, 0.6) is 0 Å². The van der Waals surface area contributed by atoms with Gasteiger partial charge in [0, 0.05) is 25.7 Å². The minimum Gasteiger partial charge on any atom is -0.377 e. The third-order valence-corrected chi connectivity index (χ3v) is 3.77. The van der Waals surface area contributed by atoms with Gasteiger partial charge in [-0.25, -0.2) is 0 Å². The molecule has 2 rings (SSSR count). The fourth-order valence-corrected chi connectivity index (χ4v) is 2.61. The number of hydrogen-bond acceptors (Lipinski definition) is 4. The lowest BCUT2D eigenvalue weighted by Crippen LogP contribution is -2.60. The fraction of sp³-hybridized carbons (Fsp3) is 0.923. The van der Waals surface area contributed by atoms with Crippen molar-refractivity contribution in [1.82, 2.24) is 10.2 Å². The smallest absolute Gasteiger partial charge is 0.238 e. The van der Waals surface area contributed by atoms with Gasteiger partial charge in [-0.05, 0) is 39.7 Å². The molecule has 0 aromatic carbocycles. The number of likely N-dealkylation sites (N-methyl/N-ethyl adjacent to an activating group) is 1. The molecule has 18 heavy (non-hydrogen) atoms. The highest BCUT2D eigenvalue weighted by atomic mass is 16.5. The Morgan fingerprint density at radius 1 is 1.50 bits per heavy atom. The summed E-state index contributed by atoms with van der Waals surface area (Å²) in [6.07, 6.45) is 4.88. The van der Waals surface area contributed by atoms with Crippen LogP contribution in [0.25, 0.3) is 0 Å². The largest absolute Gasteiger partial charge is 0.377 e. The zero-order valence-electron chi connectivity index (χ0n) is 11.4. The maximum absolute atomic E-state index is 11.7. The van der Waals surface area contributed by atoms with Gasteiger partial charge in [0.2, 0.25) is 5.91 Å². The topological polar surface area (TPSA) is 67.6 Å². The van der Waals surface area contributed by atoms with Crippen molar-refractivity contribution in [3.05, 3.63) is 0 Å². The van der Waals surface area contributed by atoms with Gasteiger partial charge in [-0.1, -0.05) is 0 Å². The Bertz CT molecular complexity index is 301. The highest BCUT2D eigenvalue weighted by Gasteiger charge is 2.38. The molecule has 2 aliphatic rings. The van der Waals surface area contributed by atoms with Crippen molar-refractivity contribution in [1.29, 1.82) is 0 Å². The maximum Gasteiger partial charge on any atom is 0.238 e. The van der Waals surface area contributed by atoms with Gasteiger partial charge in [-0.3, -0.25) is 10.1 Å². The molecule has 0 radical (unpaired) electrons. The van der Waals surface area contributed by atoms with E-state index in [-0.39, 0.29) is 5.91 Å². The van der Waals surface area contributed by atoms with E-state index in [2.05, 4.69) is 10.2 Å². The standard InChI is InChI=1S/C13H25N3O2/c1-13(12(14)17,15-10-5-6-10)9-16(2)8-11-4-3-7-18-11/h10-11,15H,3-9H2,1-2H3,(H2,14,17). The predicted molar refractivity (Wildman–Crippen MR) is 70.2 cm³/mol. The number of ether oxygens (including phenoxy) is 1. The summed E-state index contributed by atoms with van der Waals surface area (Å²) < 4.78 is 5.61. The molecule has 5 nitrogen and oxygen atoms in total. The minimum absolute atomic E-state index is 0.270. The number of carbonyl (C=O) groups excluding carboxylic acids is 1. The number of carbonyl (C=O) groups is 1. The lowest BCUT2D eigenvalue weighted by atomic mass is 10.0. The van der Waals surface area contributed by atoms with Crippen LogP contribution >= 0.6 is 0 Å². The molecule has 2 fully saturated rings. The Hall–Kier alpha value is -0.650. The number of amides is 1. The van der Waals surface area contributed by atoms with Gasteiger partial charge in [0.15, 0.2) is 0 Å². The van der Waals surface area contributed by atoms with E-state index in [9.17, 15) is 4.79 Å². The van der Waals surface area contributed by atoms with Crippen molar-refractivity contribution < 1.29 is 9.53 Å². The maximum atomic E-state index is 11.7. The van der Waals surface area contributed by atoms with E-state index in [0.29, 0.717) is 18.7 Å². The van der Waals surface area contributed by atoms with Crippen LogP contribution in [0.1, 0.15) is 32.6 Å². The van der Waals surface area contributed by atoms with E-state index in [4.69, 9.17) is 10.5 Å². The molecule has 2 atom stereocenters. The molecular weight excluding hydrogens is 230 g/mol. The van der Waals surface area contributed by atoms with E-state index in [1.165, 1.54) is 0 Å². The molecular formula is C13H25N3O2. The van der Waals surface area contributed by atoms with Gasteiger partial charge < -0.3 is 15.4 Å². The van der Waals surface area contributed by atoms with Crippen LogP contribution in [-0.4, -0.2) is 55.2 Å². The summed E-state index contributed by atoms with van der Waals surface area (Å²) in [5, 5.41) is 3.37. The first-order chi connectivity index (χ1) is 8.49. The van der Waals surface area contributed by atoms with Crippen LogP contribution in [0.15, 0.2) is 0 Å². The third kappa shape index (κ3) is 3.67. The van der Waals surface area contributed by atoms with Gasteiger partial charge in [0.25, 0.3) is 0 Å². The zero-order chi connectivity index (χ0) is 13.2. The summed E-state index contributed by atoms with van der Waals surface area (Å²) >= 11 is 0. The average molecular weight is 255 g/mol. The summed E-state index contributed by atoms with van der Waals surface area (Å²) in [4.78, 5) is 13.8. The van der Waals surface area contributed by atoms with E-state index in [1.807, 2.05) is 14.0 Å². The second-order valence-electron chi connectivity index (χ2n) is 5.95. The molecule has 1 heterocycles. The number of hydrogen-bond donors (Lipinski definition) is 2. The zero-order valence-corrected chi connectivity index (χ0v) is 11.4. The summed E-state index contributed by atoms with van der Waals surface area (Å²) in [7, 11) is 2.03. The van der Waals surface area contributed by atoms with E-state index in [1.54, 1.807) is 0 Å². The molecule has 1 saturated heterocycles. The van der Waals surface area contributed by atoms with E-state index < -0.39 is 5.54 Å². The third-order valence-electron chi connectivity index (χ3n) is 3.77. The van der Waals surface area contributed by atoms with Gasteiger partial charge in [-0.15, -0.1) is 0 Å². The predicted octanol–water partition coefficient (Wildman–Crippen LogP) is 0.0932. The van der Waals surface area contributed by atoms with Crippen molar-refractivity contribution in [2.24, 2.45) is 5.73 Å². The molecule has 3 N–H and O–H groups in total. The molecule has 0 aromatic heterocycles. The molecule has 1 saturated carbocycles. The minimum atomic E-state index is -0.630. The van der Waals surface area contributed by atoms with Gasteiger partial charge in [0.05, 0.1) is 6.10 Å². The fourth-order valence-electron chi connectivity index (χ4n) is 2.61. The van der Waals surface area contributed by atoms with Crippen molar-refractivity contribution in [3.8, 4) is 0 Å². The lowest BCUT2D eigenvalue weighted by molar-refractivity contribution is -0.124. The van der Waals surface area contributed by atoms with E-state index >= 15 is 0 Å². The van der Waals surface area contributed by atoms with E-state index in [0.717, 1.165) is 38.8 Å². The molecule has 5 heteroatoms. The van der Waals surface area contributed by atoms with Crippen molar-refractivity contribution in [2.45, 2.75) is 50.3 Å². The molecule has 2 unspecified atom stereocenters. The van der Waals surface area contributed by atoms with Crippen LogP contribution in [0.4, 0.5) is 0 Å². The summed E-state index contributed by atoms with van der Waals surface area (Å²) in [5.41, 5.74) is 4.91. The van der Waals surface area contributed by atoms with Crippen molar-refractivity contribution in [2.75, 3.05) is 26.7 Å². The van der Waals surface area contributed by atoms with Gasteiger partial charge in [0.1, 0.15) is 5.54 Å². The molecule has 1 amide bonds. The first kappa shape index (κ1) is 13.8. The Kier molecular flexibility index (Phi) is 4.25. The monoisotopic (exact) mass is 255 g/mol. The first-order valence-electron chi connectivity index (χ1n) is 6.87. The second-order valence-corrected chi connectivity index (χ2v) is 5.95. The Morgan fingerprint density at radius 3 is 2.72 bits per heavy atom. The van der Waals surface area contributed by atoms with Crippen LogP contribution in [0.2, 0.25) is 0 Å². The lowest BCUT2D eigenvalue weighted by Gasteiger charge is -2.33. The molecule has 0 bridgehead atoms. The summed E-state index contributed by atoms with van der Waals surface area (Å²) in [6.45, 7) is 4.28. The summed E-state index contributed by atoms with van der Waals surface area (Å²) in [5.74, 6) is -0.270. The van der Waals surface area contributed by atoms with Crippen LogP contribution in [-0.2, 0) is 9.53 Å². The highest BCUT2D eigenvalue weighted by Crippen LogP contribution is 2.23.